The Morgan fingerprint density at radius 3 is 3.04 bits per heavy atom. The monoisotopic (exact) mass is 350 g/mol. The zero-order valence-corrected chi connectivity index (χ0v) is 13.5. The summed E-state index contributed by atoms with van der Waals surface area (Å²) >= 11 is 0. The third-order valence-electron chi connectivity index (χ3n) is 4.71. The highest BCUT2D eigenvalue weighted by Gasteiger charge is 2.39. The third-order valence-corrected chi connectivity index (χ3v) is 4.71. The van der Waals surface area contributed by atoms with Crippen LogP contribution in [0.2, 0.25) is 0 Å². The van der Waals surface area contributed by atoms with Gasteiger partial charge in [0.15, 0.2) is 11.6 Å². The number of benzene rings is 1. The van der Waals surface area contributed by atoms with Crippen molar-refractivity contribution in [3.05, 3.63) is 41.2 Å². The number of nitrogens with zero attached hydrogens (tertiary/aromatic N) is 4. The fourth-order valence-corrected chi connectivity index (χ4v) is 3.42. The minimum atomic E-state index is -1.20. The first-order valence-electron chi connectivity index (χ1n) is 7.92. The molecule has 1 aromatic heterocycles. The van der Waals surface area contributed by atoms with Crippen molar-refractivity contribution in [1.82, 2.24) is 19.9 Å². The Hall–Kier alpha value is -2.55. The van der Waals surface area contributed by atoms with E-state index in [1.54, 1.807) is 10.9 Å². The van der Waals surface area contributed by atoms with Crippen LogP contribution in [-0.4, -0.2) is 52.1 Å². The van der Waals surface area contributed by atoms with Gasteiger partial charge in [-0.25, -0.2) is 13.5 Å². The second-order valence-corrected chi connectivity index (χ2v) is 6.07. The van der Waals surface area contributed by atoms with E-state index in [9.17, 15) is 13.6 Å². The fraction of sp³-hybridized carbons (Fsp3) is 0.438. The Morgan fingerprint density at radius 1 is 1.40 bits per heavy atom. The van der Waals surface area contributed by atoms with Gasteiger partial charge in [-0.3, -0.25) is 4.79 Å². The van der Waals surface area contributed by atoms with Gasteiger partial charge in [0.2, 0.25) is 0 Å². The minimum Gasteiger partial charge on any atom is -0.496 e. The summed E-state index contributed by atoms with van der Waals surface area (Å²) < 4.78 is 40.4. The molecule has 2 atom stereocenters. The number of methoxy groups -OCH3 is 1. The van der Waals surface area contributed by atoms with Crippen molar-refractivity contribution >= 4 is 5.91 Å². The van der Waals surface area contributed by atoms with E-state index in [1.165, 1.54) is 18.1 Å². The predicted octanol–water partition coefficient (Wildman–Crippen LogP) is 1.55. The molecule has 0 unspecified atom stereocenters. The molecular weight excluding hydrogens is 334 g/mol. The molecule has 2 aliphatic heterocycles. The zero-order chi connectivity index (χ0) is 17.6. The van der Waals surface area contributed by atoms with E-state index in [2.05, 4.69) is 10.3 Å². The maximum atomic E-state index is 14.2. The summed E-state index contributed by atoms with van der Waals surface area (Å²) in [5.74, 6) is -2.89. The number of rotatable bonds is 2. The molecule has 3 heterocycles. The molecule has 1 fully saturated rings. The standard InChI is InChI=1S/C16H16F2N4O3/c1-24-13-3-2-10(17)15(18)14(13)16(23)21-5-4-12-11(7-21)22-9(8-25-12)6-19-20-22/h2-3,6,11-12H,4-5,7-8H2,1H3/t11-,12-/m1/s1. The SMILES string of the molecule is COc1ccc(F)c(F)c1C(=O)N1CC[C@H]2OCc3cnnn3[C@@H]2C1. The molecule has 1 amide bonds. The maximum Gasteiger partial charge on any atom is 0.260 e. The van der Waals surface area contributed by atoms with Crippen molar-refractivity contribution in [3.63, 3.8) is 0 Å². The smallest absolute Gasteiger partial charge is 0.260 e. The summed E-state index contributed by atoms with van der Waals surface area (Å²) in [6.07, 6.45) is 2.11. The number of fused-ring (bicyclic) bond motifs is 3. The van der Waals surface area contributed by atoms with E-state index in [0.717, 1.165) is 11.8 Å². The lowest BCUT2D eigenvalue weighted by molar-refractivity contribution is -0.0605. The lowest BCUT2D eigenvalue weighted by Gasteiger charge is -2.41. The molecule has 0 bridgehead atoms. The summed E-state index contributed by atoms with van der Waals surface area (Å²) in [6.45, 7) is 1.08. The molecule has 0 N–H and O–H groups in total. The predicted molar refractivity (Wildman–Crippen MR) is 81.1 cm³/mol. The van der Waals surface area contributed by atoms with Crippen LogP contribution in [0, 0.1) is 11.6 Å². The Kier molecular flexibility index (Phi) is 3.87. The van der Waals surface area contributed by atoms with Crippen LogP contribution < -0.4 is 4.74 Å². The van der Waals surface area contributed by atoms with Crippen molar-refractivity contribution in [2.24, 2.45) is 0 Å². The van der Waals surface area contributed by atoms with Gasteiger partial charge in [0, 0.05) is 13.1 Å². The van der Waals surface area contributed by atoms with Gasteiger partial charge in [0.25, 0.3) is 5.91 Å². The van der Waals surface area contributed by atoms with Gasteiger partial charge in [0.05, 0.1) is 37.8 Å². The number of halogens is 2. The normalized spacial score (nSPS) is 22.3. The lowest BCUT2D eigenvalue weighted by atomic mass is 9.99. The first-order chi connectivity index (χ1) is 12.1. The van der Waals surface area contributed by atoms with E-state index >= 15 is 0 Å². The molecular formula is C16H16F2N4O3. The van der Waals surface area contributed by atoms with Gasteiger partial charge in [0.1, 0.15) is 11.3 Å². The average molecular weight is 350 g/mol. The number of carbonyl (C=O) groups excluding carboxylic acids is 1. The van der Waals surface area contributed by atoms with E-state index in [-0.39, 0.29) is 24.4 Å². The summed E-state index contributed by atoms with van der Waals surface area (Å²) in [5.41, 5.74) is 0.432. The number of amides is 1. The zero-order valence-electron chi connectivity index (χ0n) is 13.5. The summed E-state index contributed by atoms with van der Waals surface area (Å²) in [5, 5.41) is 7.94. The first-order valence-corrected chi connectivity index (χ1v) is 7.92. The van der Waals surface area contributed by atoms with Gasteiger partial charge in [-0.2, -0.15) is 0 Å². The average Bonchev–Trinajstić information content (AvgIpc) is 3.12. The topological polar surface area (TPSA) is 69.5 Å². The van der Waals surface area contributed by atoms with Crippen molar-refractivity contribution in [3.8, 4) is 5.75 Å². The molecule has 1 saturated heterocycles. The van der Waals surface area contributed by atoms with Gasteiger partial charge in [-0.1, -0.05) is 5.21 Å². The number of aromatic nitrogens is 3. The first kappa shape index (κ1) is 15.9. The van der Waals surface area contributed by atoms with Crippen LogP contribution in [0.1, 0.15) is 28.5 Å². The van der Waals surface area contributed by atoms with Crippen molar-refractivity contribution < 1.29 is 23.0 Å². The lowest BCUT2D eigenvalue weighted by Crippen LogP contribution is -2.50. The fourth-order valence-electron chi connectivity index (χ4n) is 3.42. The Labute approximate surface area is 142 Å². The molecule has 0 radical (unpaired) electrons. The molecule has 0 saturated carbocycles. The van der Waals surface area contributed by atoms with Crippen LogP contribution in [0.25, 0.3) is 0 Å². The minimum absolute atomic E-state index is 0.00682. The summed E-state index contributed by atoms with van der Waals surface area (Å²) in [4.78, 5) is 14.3. The number of carbonyl (C=O) groups is 1. The third kappa shape index (κ3) is 2.55. The van der Waals surface area contributed by atoms with Gasteiger partial charge < -0.3 is 14.4 Å². The molecule has 4 rings (SSSR count). The Bertz CT molecular complexity index is 826. The number of hydrogen-bond donors (Lipinski definition) is 0. The number of likely N-dealkylation sites (tertiary alicyclic amines) is 1. The second kappa shape index (κ2) is 6.07. The Morgan fingerprint density at radius 2 is 2.24 bits per heavy atom. The van der Waals surface area contributed by atoms with Crippen molar-refractivity contribution in [2.45, 2.75) is 25.2 Å². The maximum absolute atomic E-state index is 14.2. The molecule has 1 aromatic carbocycles. The molecule has 132 valence electrons. The second-order valence-electron chi connectivity index (χ2n) is 6.07. The van der Waals surface area contributed by atoms with Crippen LogP contribution in [0.5, 0.6) is 5.75 Å². The summed E-state index contributed by atoms with van der Waals surface area (Å²) in [6, 6.07) is 1.98. The van der Waals surface area contributed by atoms with Crippen LogP contribution in [0.15, 0.2) is 18.3 Å². The van der Waals surface area contributed by atoms with Gasteiger partial charge in [-0.15, -0.1) is 5.10 Å². The molecule has 2 aliphatic rings. The number of hydrogen-bond acceptors (Lipinski definition) is 5. The van der Waals surface area contributed by atoms with Crippen LogP contribution in [0.4, 0.5) is 8.78 Å². The molecule has 0 spiro atoms. The van der Waals surface area contributed by atoms with Gasteiger partial charge >= 0.3 is 0 Å². The number of piperidine rings is 1. The van der Waals surface area contributed by atoms with Gasteiger partial charge in [-0.05, 0) is 18.6 Å². The number of ether oxygens (including phenoxy) is 2. The van der Waals surface area contributed by atoms with Crippen LogP contribution in [0.3, 0.4) is 0 Å². The largest absolute Gasteiger partial charge is 0.496 e. The molecule has 7 nitrogen and oxygen atoms in total. The highest BCUT2D eigenvalue weighted by atomic mass is 19.2. The highest BCUT2D eigenvalue weighted by molar-refractivity contribution is 5.97. The van der Waals surface area contributed by atoms with E-state index in [0.29, 0.717) is 19.6 Å². The summed E-state index contributed by atoms with van der Waals surface area (Å²) in [7, 11) is 1.31. The molecule has 0 aliphatic carbocycles. The van der Waals surface area contributed by atoms with E-state index in [1.807, 2.05) is 0 Å². The van der Waals surface area contributed by atoms with Crippen molar-refractivity contribution in [2.75, 3.05) is 20.2 Å². The van der Waals surface area contributed by atoms with Crippen LogP contribution in [-0.2, 0) is 11.3 Å². The molecule has 25 heavy (non-hydrogen) atoms. The van der Waals surface area contributed by atoms with E-state index in [4.69, 9.17) is 9.47 Å². The quantitative estimate of drug-likeness (QED) is 0.822. The van der Waals surface area contributed by atoms with Crippen molar-refractivity contribution in [1.29, 1.82) is 0 Å². The van der Waals surface area contributed by atoms with E-state index < -0.39 is 23.1 Å². The Balaban J connectivity index is 1.64. The van der Waals surface area contributed by atoms with Crippen LogP contribution >= 0.6 is 0 Å². The molecule has 9 heteroatoms. The molecule has 2 aromatic rings. The highest BCUT2D eigenvalue weighted by Crippen LogP contribution is 2.32.